The highest BCUT2D eigenvalue weighted by atomic mass is 79.9. The summed E-state index contributed by atoms with van der Waals surface area (Å²) in [6, 6.07) is 14.7. The maximum Gasteiger partial charge on any atom is 0.573 e. The number of nitrogens with zero attached hydrogens (tertiary/aromatic N) is 2. The van der Waals surface area contributed by atoms with Crippen molar-refractivity contribution >= 4 is 27.7 Å². The lowest BCUT2D eigenvalue weighted by atomic mass is 10.1. The normalized spacial score (nSPS) is 12.5. The summed E-state index contributed by atoms with van der Waals surface area (Å²) in [5.41, 5.74) is 1.85. The van der Waals surface area contributed by atoms with Crippen LogP contribution in [-0.4, -0.2) is 34.1 Å². The minimum absolute atomic E-state index is 0.102. The summed E-state index contributed by atoms with van der Waals surface area (Å²) in [5.74, 6) is 0.492. The summed E-state index contributed by atoms with van der Waals surface area (Å²) in [6.45, 7) is 4.25. The van der Waals surface area contributed by atoms with Crippen molar-refractivity contribution in [3.8, 4) is 17.0 Å². The van der Waals surface area contributed by atoms with Gasteiger partial charge in [0.2, 0.25) is 5.95 Å². The van der Waals surface area contributed by atoms with Crippen LogP contribution in [-0.2, 0) is 6.54 Å². The Morgan fingerprint density at radius 3 is 2.42 bits per heavy atom. The van der Waals surface area contributed by atoms with Crippen molar-refractivity contribution < 1.29 is 23.0 Å². The van der Waals surface area contributed by atoms with Crippen LogP contribution >= 0.6 is 15.9 Å². The molecule has 0 aliphatic carbocycles. The van der Waals surface area contributed by atoms with Crippen molar-refractivity contribution in [3.63, 3.8) is 0 Å². The Morgan fingerprint density at radius 1 is 1.06 bits per heavy atom. The molecule has 0 fully saturated rings. The van der Waals surface area contributed by atoms with E-state index < -0.39 is 6.36 Å². The molecule has 6 nitrogen and oxygen atoms in total. The number of aliphatic hydroxyl groups excluding tert-OH is 1. The smallest absolute Gasteiger partial charge is 0.406 e. The fourth-order valence-electron chi connectivity index (χ4n) is 2.99. The molecule has 2 aromatic carbocycles. The molecule has 0 aliphatic rings. The second-order valence-electron chi connectivity index (χ2n) is 7.70. The fraction of sp³-hybridized carbons (Fsp3) is 0.304. The zero-order valence-electron chi connectivity index (χ0n) is 18.0. The van der Waals surface area contributed by atoms with E-state index in [0.717, 1.165) is 10.0 Å². The Bertz CT molecular complexity index is 1060. The first-order valence-corrected chi connectivity index (χ1v) is 11.0. The quantitative estimate of drug-likeness (QED) is 0.326. The number of benzene rings is 2. The number of hydrogen-bond acceptors (Lipinski definition) is 6. The Morgan fingerprint density at radius 2 is 1.79 bits per heavy atom. The van der Waals surface area contributed by atoms with Gasteiger partial charge in [0.15, 0.2) is 0 Å². The van der Waals surface area contributed by atoms with Crippen LogP contribution in [0, 0.1) is 5.92 Å². The van der Waals surface area contributed by atoms with Crippen LogP contribution in [0.25, 0.3) is 11.3 Å². The van der Waals surface area contributed by atoms with E-state index in [0.29, 0.717) is 23.6 Å². The van der Waals surface area contributed by atoms with Crippen molar-refractivity contribution in [1.29, 1.82) is 0 Å². The minimum Gasteiger partial charge on any atom is -0.406 e. The summed E-state index contributed by atoms with van der Waals surface area (Å²) in [6.07, 6.45) is -4.79. The van der Waals surface area contributed by atoms with E-state index in [1.165, 1.54) is 18.2 Å². The van der Waals surface area contributed by atoms with Gasteiger partial charge in [0.1, 0.15) is 11.6 Å². The zero-order valence-corrected chi connectivity index (χ0v) is 19.6. The summed E-state index contributed by atoms with van der Waals surface area (Å²) in [5, 5.41) is 16.0. The van der Waals surface area contributed by atoms with Gasteiger partial charge in [-0.15, -0.1) is 13.2 Å². The van der Waals surface area contributed by atoms with Crippen LogP contribution in [0.15, 0.2) is 59.1 Å². The molecule has 0 saturated heterocycles. The van der Waals surface area contributed by atoms with Gasteiger partial charge in [0, 0.05) is 22.6 Å². The highest BCUT2D eigenvalue weighted by molar-refractivity contribution is 9.10. The van der Waals surface area contributed by atoms with Crippen molar-refractivity contribution in [2.24, 2.45) is 5.92 Å². The fourth-order valence-corrected chi connectivity index (χ4v) is 3.25. The molecule has 1 aromatic heterocycles. The van der Waals surface area contributed by atoms with Gasteiger partial charge in [-0.05, 0) is 35.7 Å². The maximum atomic E-state index is 12.7. The van der Waals surface area contributed by atoms with Crippen LogP contribution in [0.5, 0.6) is 5.75 Å². The van der Waals surface area contributed by atoms with E-state index in [-0.39, 0.29) is 30.3 Å². The SMILES string of the molecule is CC(C)[C@@H](CO)Nc1nc(NCc2ccc(Br)cc2)cc(-c2cccc(OC(F)(F)F)c2)n1. The number of halogens is 4. The van der Waals surface area contributed by atoms with E-state index in [1.807, 2.05) is 38.1 Å². The van der Waals surface area contributed by atoms with Gasteiger partial charge in [-0.1, -0.05) is 54.0 Å². The lowest BCUT2D eigenvalue weighted by Gasteiger charge is -2.21. The average molecular weight is 525 g/mol. The second-order valence-corrected chi connectivity index (χ2v) is 8.61. The molecule has 0 amide bonds. The van der Waals surface area contributed by atoms with Gasteiger partial charge in [-0.2, -0.15) is 4.98 Å². The summed E-state index contributed by atoms with van der Waals surface area (Å²) >= 11 is 3.40. The first kappa shape index (κ1) is 24.8. The highest BCUT2D eigenvalue weighted by Crippen LogP contribution is 2.29. The molecule has 176 valence electrons. The van der Waals surface area contributed by atoms with E-state index in [2.05, 4.69) is 41.3 Å². The lowest BCUT2D eigenvalue weighted by molar-refractivity contribution is -0.274. The summed E-state index contributed by atoms with van der Waals surface area (Å²) in [4.78, 5) is 8.94. The van der Waals surface area contributed by atoms with E-state index >= 15 is 0 Å². The number of aromatic nitrogens is 2. The van der Waals surface area contributed by atoms with Gasteiger partial charge >= 0.3 is 6.36 Å². The van der Waals surface area contributed by atoms with Crippen molar-refractivity contribution in [3.05, 3.63) is 64.6 Å². The standard InChI is InChI=1S/C23H24BrF3N4O2/c1-14(2)20(13-32)30-22-29-19(16-4-3-5-18(10-16)33-23(25,26)27)11-21(31-22)28-12-15-6-8-17(24)9-7-15/h3-11,14,20,32H,12-13H2,1-2H3,(H2,28,29,30,31)/t20-/m1/s1. The number of ether oxygens (including phenoxy) is 1. The Labute approximate surface area is 198 Å². The van der Waals surface area contributed by atoms with E-state index in [1.54, 1.807) is 12.1 Å². The molecule has 0 unspecified atom stereocenters. The molecule has 3 N–H and O–H groups in total. The van der Waals surface area contributed by atoms with Crippen molar-refractivity contribution in [2.75, 3.05) is 17.2 Å². The van der Waals surface area contributed by atoms with Crippen molar-refractivity contribution in [1.82, 2.24) is 9.97 Å². The van der Waals surface area contributed by atoms with Crippen LogP contribution in [0.3, 0.4) is 0 Å². The number of nitrogens with one attached hydrogen (secondary N) is 2. The monoisotopic (exact) mass is 524 g/mol. The van der Waals surface area contributed by atoms with Crippen LogP contribution in [0.2, 0.25) is 0 Å². The summed E-state index contributed by atoms with van der Waals surface area (Å²) < 4.78 is 43.0. The second kappa shape index (κ2) is 10.8. The lowest BCUT2D eigenvalue weighted by Crippen LogP contribution is -2.30. The van der Waals surface area contributed by atoms with Gasteiger partial charge in [0.05, 0.1) is 18.3 Å². The van der Waals surface area contributed by atoms with Crippen molar-refractivity contribution in [2.45, 2.75) is 32.8 Å². The molecule has 3 aromatic rings. The number of anilines is 2. The molecule has 33 heavy (non-hydrogen) atoms. The third-order valence-electron chi connectivity index (χ3n) is 4.79. The topological polar surface area (TPSA) is 79.3 Å². The van der Waals surface area contributed by atoms with Gasteiger partial charge in [0.25, 0.3) is 0 Å². The number of hydrogen-bond donors (Lipinski definition) is 3. The maximum absolute atomic E-state index is 12.7. The van der Waals surface area contributed by atoms with Gasteiger partial charge in [-0.3, -0.25) is 0 Å². The highest BCUT2D eigenvalue weighted by Gasteiger charge is 2.31. The average Bonchev–Trinajstić information content (AvgIpc) is 2.76. The Kier molecular flexibility index (Phi) is 8.15. The molecule has 0 aliphatic heterocycles. The predicted molar refractivity (Wildman–Crippen MR) is 125 cm³/mol. The molecule has 0 radical (unpaired) electrons. The Balaban J connectivity index is 1.92. The van der Waals surface area contributed by atoms with Crippen LogP contribution in [0.1, 0.15) is 19.4 Å². The molecule has 3 rings (SSSR count). The minimum atomic E-state index is -4.79. The molecule has 1 atom stereocenters. The third-order valence-corrected chi connectivity index (χ3v) is 5.32. The van der Waals surface area contributed by atoms with Gasteiger partial charge in [-0.25, -0.2) is 4.98 Å². The van der Waals surface area contributed by atoms with Gasteiger partial charge < -0.3 is 20.5 Å². The largest absolute Gasteiger partial charge is 0.573 e. The van der Waals surface area contributed by atoms with Crippen LogP contribution in [0.4, 0.5) is 24.9 Å². The molecule has 0 bridgehead atoms. The third kappa shape index (κ3) is 7.61. The molecule has 0 saturated carbocycles. The molecular formula is C23H24BrF3N4O2. The van der Waals surface area contributed by atoms with E-state index in [9.17, 15) is 18.3 Å². The first-order valence-electron chi connectivity index (χ1n) is 10.2. The predicted octanol–water partition coefficient (Wildman–Crippen LogP) is 5.85. The molecule has 1 heterocycles. The number of alkyl halides is 3. The first-order chi connectivity index (χ1) is 15.6. The number of aliphatic hydroxyl groups is 1. The molecule has 0 spiro atoms. The zero-order chi connectivity index (χ0) is 24.0. The molecule has 10 heteroatoms. The Hall–Kier alpha value is -2.85. The number of rotatable bonds is 9. The van der Waals surface area contributed by atoms with E-state index in [4.69, 9.17) is 0 Å². The molecular weight excluding hydrogens is 501 g/mol. The van der Waals surface area contributed by atoms with Crippen LogP contribution < -0.4 is 15.4 Å². The summed E-state index contributed by atoms with van der Waals surface area (Å²) in [7, 11) is 0.